The molecule has 0 radical (unpaired) electrons. The minimum atomic E-state index is 0.243. The molecule has 14 heavy (non-hydrogen) atoms. The number of rotatable bonds is 0. The molecule has 0 heterocycles. The molecule has 0 N–H and O–H groups in total. The molecule has 4 atom stereocenters. The van der Waals surface area contributed by atoms with Gasteiger partial charge in [0.25, 0.3) is 0 Å². The van der Waals surface area contributed by atoms with Gasteiger partial charge in [0.1, 0.15) is 0 Å². The zero-order chi connectivity index (χ0) is 10.6. The quantitative estimate of drug-likeness (QED) is 0.559. The summed E-state index contributed by atoms with van der Waals surface area (Å²) < 4.78 is 0. The highest BCUT2D eigenvalue weighted by atomic mass is 35.5. The van der Waals surface area contributed by atoms with Crippen LogP contribution in [0.3, 0.4) is 0 Å². The highest BCUT2D eigenvalue weighted by Crippen LogP contribution is 2.31. The maximum absolute atomic E-state index is 9.07. The highest BCUT2D eigenvalue weighted by Gasteiger charge is 2.23. The van der Waals surface area contributed by atoms with Crippen molar-refractivity contribution < 1.29 is 0 Å². The van der Waals surface area contributed by atoms with Crippen molar-refractivity contribution in [3.8, 4) is 6.07 Å². The van der Waals surface area contributed by atoms with Gasteiger partial charge in [-0.3, -0.25) is 0 Å². The van der Waals surface area contributed by atoms with Crippen molar-refractivity contribution in [1.82, 2.24) is 0 Å². The number of alkyl halides is 1. The second-order valence-corrected chi connectivity index (χ2v) is 5.43. The topological polar surface area (TPSA) is 23.8 Å². The zero-order valence-corrected chi connectivity index (χ0v) is 9.93. The average molecular weight is 214 g/mol. The summed E-state index contributed by atoms with van der Waals surface area (Å²) in [6.45, 7) is 4.42. The highest BCUT2D eigenvalue weighted by molar-refractivity contribution is 6.20. The van der Waals surface area contributed by atoms with Crippen LogP contribution in [-0.4, -0.2) is 5.38 Å². The van der Waals surface area contributed by atoms with Crippen molar-refractivity contribution in [2.45, 2.75) is 51.3 Å². The number of nitriles is 1. The molecular weight excluding hydrogens is 194 g/mol. The number of hydrogen-bond acceptors (Lipinski definition) is 1. The Morgan fingerprint density at radius 2 is 1.93 bits per heavy atom. The molecule has 0 saturated heterocycles. The molecule has 1 saturated carbocycles. The Kier molecular flexibility index (Phi) is 4.75. The zero-order valence-electron chi connectivity index (χ0n) is 9.17. The Balaban J connectivity index is 2.59. The Bertz CT molecular complexity index is 209. The van der Waals surface area contributed by atoms with Crippen LogP contribution in [0, 0.1) is 29.1 Å². The summed E-state index contributed by atoms with van der Waals surface area (Å²) in [5.41, 5.74) is 0. The summed E-state index contributed by atoms with van der Waals surface area (Å²) in [7, 11) is 0. The summed E-state index contributed by atoms with van der Waals surface area (Å²) in [5.74, 6) is 1.39. The number of nitrogens with zero attached hydrogens (tertiary/aromatic N) is 1. The van der Waals surface area contributed by atoms with Crippen LogP contribution in [0.4, 0.5) is 0 Å². The van der Waals surface area contributed by atoms with Crippen molar-refractivity contribution in [2.24, 2.45) is 17.8 Å². The Morgan fingerprint density at radius 3 is 2.57 bits per heavy atom. The van der Waals surface area contributed by atoms with Crippen molar-refractivity contribution in [3.05, 3.63) is 0 Å². The van der Waals surface area contributed by atoms with Crippen molar-refractivity contribution in [3.63, 3.8) is 0 Å². The minimum Gasteiger partial charge on any atom is -0.198 e. The minimum absolute atomic E-state index is 0.243. The van der Waals surface area contributed by atoms with Gasteiger partial charge in [0, 0.05) is 11.3 Å². The van der Waals surface area contributed by atoms with Crippen LogP contribution in [0.5, 0.6) is 0 Å². The van der Waals surface area contributed by atoms with Gasteiger partial charge in [0.05, 0.1) is 6.07 Å². The fourth-order valence-electron chi connectivity index (χ4n) is 2.36. The molecular formula is C12H20ClN. The summed E-state index contributed by atoms with van der Waals surface area (Å²) >= 11 is 6.22. The van der Waals surface area contributed by atoms with Crippen molar-refractivity contribution >= 4 is 11.6 Å². The predicted octanol–water partition coefficient (Wildman–Crippen LogP) is 3.97. The van der Waals surface area contributed by atoms with Crippen LogP contribution >= 0.6 is 11.6 Å². The molecule has 2 heteroatoms. The lowest BCUT2D eigenvalue weighted by Gasteiger charge is -2.19. The van der Waals surface area contributed by atoms with Gasteiger partial charge in [0.2, 0.25) is 0 Å². The fraction of sp³-hybridized carbons (Fsp3) is 0.917. The summed E-state index contributed by atoms with van der Waals surface area (Å²) in [4.78, 5) is 0. The maximum atomic E-state index is 9.07. The first-order chi connectivity index (χ1) is 6.63. The lowest BCUT2D eigenvalue weighted by molar-refractivity contribution is 0.341. The molecule has 1 rings (SSSR count). The van der Waals surface area contributed by atoms with E-state index in [1.165, 1.54) is 6.42 Å². The van der Waals surface area contributed by atoms with E-state index >= 15 is 0 Å². The molecule has 0 aromatic carbocycles. The first-order valence-corrected chi connectivity index (χ1v) is 6.10. The Morgan fingerprint density at radius 1 is 1.21 bits per heavy atom. The van der Waals surface area contributed by atoms with E-state index in [-0.39, 0.29) is 5.92 Å². The SMILES string of the molecule is CC1CC(Cl)CCCC(C)[C@H](C#N)C1. The van der Waals surface area contributed by atoms with E-state index < -0.39 is 0 Å². The Hall–Kier alpha value is -0.220. The summed E-state index contributed by atoms with van der Waals surface area (Å²) in [6, 6.07) is 2.45. The summed E-state index contributed by atoms with van der Waals surface area (Å²) in [6.07, 6.45) is 5.57. The van der Waals surface area contributed by atoms with E-state index in [2.05, 4.69) is 19.9 Å². The monoisotopic (exact) mass is 213 g/mol. The second-order valence-electron chi connectivity index (χ2n) is 4.82. The lowest BCUT2D eigenvalue weighted by atomic mass is 9.85. The first-order valence-electron chi connectivity index (χ1n) is 5.67. The molecule has 0 aliphatic heterocycles. The van der Waals surface area contributed by atoms with Gasteiger partial charge >= 0.3 is 0 Å². The third-order valence-electron chi connectivity index (χ3n) is 3.34. The van der Waals surface area contributed by atoms with Crippen LogP contribution in [0.1, 0.15) is 46.0 Å². The Labute approximate surface area is 92.4 Å². The molecule has 0 bridgehead atoms. The standard InChI is InChI=1S/C12H20ClN/c1-9-6-11(8-14)10(2)4-3-5-12(13)7-9/h9-12H,3-7H2,1-2H3/t9?,10?,11-,12?/m0/s1. The van der Waals surface area contributed by atoms with E-state index in [4.69, 9.17) is 16.9 Å². The van der Waals surface area contributed by atoms with Crippen molar-refractivity contribution in [2.75, 3.05) is 0 Å². The van der Waals surface area contributed by atoms with Gasteiger partial charge < -0.3 is 0 Å². The fourth-order valence-corrected chi connectivity index (χ4v) is 2.82. The van der Waals surface area contributed by atoms with Crippen LogP contribution in [0.2, 0.25) is 0 Å². The van der Waals surface area contributed by atoms with E-state index in [1.54, 1.807) is 0 Å². The van der Waals surface area contributed by atoms with Crippen LogP contribution in [-0.2, 0) is 0 Å². The molecule has 0 aromatic rings. The van der Waals surface area contributed by atoms with E-state index in [0.29, 0.717) is 17.2 Å². The molecule has 1 fully saturated rings. The molecule has 1 nitrogen and oxygen atoms in total. The average Bonchev–Trinajstić information content (AvgIpc) is 2.17. The van der Waals surface area contributed by atoms with E-state index in [9.17, 15) is 0 Å². The van der Waals surface area contributed by atoms with Crippen LogP contribution in [0.15, 0.2) is 0 Å². The molecule has 0 amide bonds. The largest absolute Gasteiger partial charge is 0.198 e. The molecule has 3 unspecified atom stereocenters. The lowest BCUT2D eigenvalue weighted by Crippen LogP contribution is -2.13. The predicted molar refractivity (Wildman–Crippen MR) is 60.2 cm³/mol. The van der Waals surface area contributed by atoms with Crippen LogP contribution < -0.4 is 0 Å². The van der Waals surface area contributed by atoms with Crippen LogP contribution in [0.25, 0.3) is 0 Å². The van der Waals surface area contributed by atoms with Gasteiger partial charge in [-0.05, 0) is 37.5 Å². The van der Waals surface area contributed by atoms with Gasteiger partial charge in [-0.2, -0.15) is 5.26 Å². The third kappa shape index (κ3) is 3.50. The number of halogens is 1. The van der Waals surface area contributed by atoms with E-state index in [0.717, 1.165) is 25.7 Å². The van der Waals surface area contributed by atoms with Gasteiger partial charge in [-0.25, -0.2) is 0 Å². The molecule has 1 aliphatic rings. The maximum Gasteiger partial charge on any atom is 0.0658 e. The van der Waals surface area contributed by atoms with Gasteiger partial charge in [-0.1, -0.05) is 20.3 Å². The smallest absolute Gasteiger partial charge is 0.0658 e. The number of hydrogen-bond donors (Lipinski definition) is 0. The van der Waals surface area contributed by atoms with Crippen molar-refractivity contribution in [1.29, 1.82) is 5.26 Å². The van der Waals surface area contributed by atoms with Gasteiger partial charge in [0.15, 0.2) is 0 Å². The third-order valence-corrected chi connectivity index (χ3v) is 3.74. The first kappa shape index (κ1) is 11.9. The normalized spacial score (nSPS) is 40.4. The van der Waals surface area contributed by atoms with Gasteiger partial charge in [-0.15, -0.1) is 11.6 Å². The second kappa shape index (κ2) is 5.61. The van der Waals surface area contributed by atoms with E-state index in [1.807, 2.05) is 0 Å². The molecule has 1 aliphatic carbocycles. The summed E-state index contributed by atoms with van der Waals surface area (Å²) in [5, 5.41) is 9.40. The molecule has 0 spiro atoms. The molecule has 80 valence electrons. The molecule has 0 aromatic heterocycles.